The van der Waals surface area contributed by atoms with Crippen molar-refractivity contribution < 1.29 is 4.79 Å². The van der Waals surface area contributed by atoms with Gasteiger partial charge in [-0.05, 0) is 19.1 Å². The molecule has 1 heterocycles. The monoisotopic (exact) mass is 207 g/mol. The third kappa shape index (κ3) is 2.10. The second-order valence-corrected chi connectivity index (χ2v) is 4.94. The van der Waals surface area contributed by atoms with Gasteiger partial charge in [-0.2, -0.15) is 0 Å². The predicted molar refractivity (Wildman–Crippen MR) is 58.3 cm³/mol. The number of thioether (sulfide) groups is 1. The Balaban J connectivity index is 1.86. The van der Waals surface area contributed by atoms with Crippen LogP contribution in [0.4, 0.5) is 0 Å². The summed E-state index contributed by atoms with van der Waals surface area (Å²) in [4.78, 5) is 12.1. The Hall–Kier alpha value is -0.960. The van der Waals surface area contributed by atoms with Crippen LogP contribution in [0.2, 0.25) is 0 Å². The van der Waals surface area contributed by atoms with E-state index < -0.39 is 0 Å². The quantitative estimate of drug-likeness (QED) is 0.607. The first-order valence-corrected chi connectivity index (χ1v) is 5.65. The molecule has 0 saturated carbocycles. The zero-order valence-electron chi connectivity index (χ0n) is 8.12. The lowest BCUT2D eigenvalue weighted by molar-refractivity contribution is -0.131. The van der Waals surface area contributed by atoms with E-state index in [-0.39, 0.29) is 11.4 Å². The van der Waals surface area contributed by atoms with Gasteiger partial charge < -0.3 is 5.32 Å². The van der Waals surface area contributed by atoms with E-state index in [9.17, 15) is 4.79 Å². The molecule has 1 saturated heterocycles. The standard InChI is InChI=1S/C11H13NOS/c1-11(7-10(13)12-11)8-14-9-5-3-2-4-6-9/h2-6H,7-8H2,1H3,(H,12,13). The number of nitrogens with one attached hydrogen (secondary N) is 1. The SMILES string of the molecule is CC1(CSc2ccccc2)CC(=O)N1. The smallest absolute Gasteiger partial charge is 0.222 e. The summed E-state index contributed by atoms with van der Waals surface area (Å²) in [6.07, 6.45) is 0.660. The fourth-order valence-electron chi connectivity index (χ4n) is 1.52. The van der Waals surface area contributed by atoms with Gasteiger partial charge in [-0.25, -0.2) is 0 Å². The van der Waals surface area contributed by atoms with Gasteiger partial charge in [-0.1, -0.05) is 18.2 Å². The average molecular weight is 207 g/mol. The van der Waals surface area contributed by atoms with Crippen LogP contribution in [0.3, 0.4) is 0 Å². The van der Waals surface area contributed by atoms with Crippen LogP contribution >= 0.6 is 11.8 Å². The third-order valence-electron chi connectivity index (χ3n) is 2.29. The molecule has 0 aliphatic carbocycles. The number of hydrogen-bond acceptors (Lipinski definition) is 2. The largest absolute Gasteiger partial charge is 0.350 e. The Morgan fingerprint density at radius 2 is 2.07 bits per heavy atom. The first-order valence-electron chi connectivity index (χ1n) is 4.67. The molecule has 0 spiro atoms. The van der Waals surface area contributed by atoms with Crippen molar-refractivity contribution in [3.05, 3.63) is 30.3 Å². The van der Waals surface area contributed by atoms with Gasteiger partial charge in [0.2, 0.25) is 5.91 Å². The fourth-order valence-corrected chi connectivity index (χ4v) is 2.53. The summed E-state index contributed by atoms with van der Waals surface area (Å²) >= 11 is 1.79. The number of β-lactam (4-membered cyclic amide) rings is 1. The van der Waals surface area contributed by atoms with Gasteiger partial charge in [-0.15, -0.1) is 11.8 Å². The Morgan fingerprint density at radius 3 is 2.64 bits per heavy atom. The molecule has 0 radical (unpaired) electrons. The van der Waals surface area contributed by atoms with Gasteiger partial charge in [0.25, 0.3) is 0 Å². The van der Waals surface area contributed by atoms with Crippen LogP contribution in [-0.2, 0) is 4.79 Å². The maximum Gasteiger partial charge on any atom is 0.222 e. The van der Waals surface area contributed by atoms with Gasteiger partial charge in [0.05, 0.1) is 12.0 Å². The van der Waals surface area contributed by atoms with Crippen molar-refractivity contribution in [2.75, 3.05) is 5.75 Å². The molecule has 1 unspecified atom stereocenters. The maximum absolute atomic E-state index is 10.8. The van der Waals surface area contributed by atoms with Crippen LogP contribution in [0.15, 0.2) is 35.2 Å². The summed E-state index contributed by atoms with van der Waals surface area (Å²) in [6.45, 7) is 2.09. The first-order chi connectivity index (χ1) is 6.68. The maximum atomic E-state index is 10.8. The fraction of sp³-hybridized carbons (Fsp3) is 0.364. The van der Waals surface area contributed by atoms with E-state index in [4.69, 9.17) is 0 Å². The number of rotatable bonds is 3. The Labute approximate surface area is 88.1 Å². The molecule has 0 aromatic heterocycles. The van der Waals surface area contributed by atoms with E-state index >= 15 is 0 Å². The summed E-state index contributed by atoms with van der Waals surface area (Å²) in [5.74, 6) is 1.11. The zero-order valence-corrected chi connectivity index (χ0v) is 8.93. The number of amides is 1. The molecule has 1 fully saturated rings. The molecule has 74 valence electrons. The molecular formula is C11H13NOS. The highest BCUT2D eigenvalue weighted by Gasteiger charge is 2.37. The van der Waals surface area contributed by atoms with Crippen molar-refractivity contribution in [2.45, 2.75) is 23.8 Å². The van der Waals surface area contributed by atoms with Crippen LogP contribution < -0.4 is 5.32 Å². The van der Waals surface area contributed by atoms with E-state index in [1.807, 2.05) is 18.2 Å². The second-order valence-electron chi connectivity index (χ2n) is 3.89. The van der Waals surface area contributed by atoms with Gasteiger partial charge in [0, 0.05) is 10.6 Å². The summed E-state index contributed by atoms with van der Waals surface area (Å²) in [5.41, 5.74) is 0.0115. The minimum absolute atomic E-state index is 0.0115. The minimum atomic E-state index is 0.0115. The highest BCUT2D eigenvalue weighted by Crippen LogP contribution is 2.28. The zero-order chi connectivity index (χ0) is 10.0. The van der Waals surface area contributed by atoms with Crippen LogP contribution in [0.5, 0.6) is 0 Å². The number of carbonyl (C=O) groups excluding carboxylic acids is 1. The van der Waals surface area contributed by atoms with Crippen molar-refractivity contribution in [3.63, 3.8) is 0 Å². The van der Waals surface area contributed by atoms with E-state index in [1.54, 1.807) is 11.8 Å². The second kappa shape index (κ2) is 3.65. The van der Waals surface area contributed by atoms with Crippen molar-refractivity contribution in [2.24, 2.45) is 0 Å². The molecule has 1 N–H and O–H groups in total. The van der Waals surface area contributed by atoms with Gasteiger partial charge in [0.1, 0.15) is 0 Å². The number of benzene rings is 1. The first kappa shape index (κ1) is 9.59. The Morgan fingerprint density at radius 1 is 1.43 bits per heavy atom. The topological polar surface area (TPSA) is 29.1 Å². The number of hydrogen-bond donors (Lipinski definition) is 1. The predicted octanol–water partition coefficient (Wildman–Crippen LogP) is 2.06. The summed E-state index contributed by atoms with van der Waals surface area (Å²) in [7, 11) is 0. The van der Waals surface area contributed by atoms with E-state index in [2.05, 4.69) is 24.4 Å². The average Bonchev–Trinajstić information content (AvgIpc) is 2.15. The summed E-state index contributed by atoms with van der Waals surface area (Å²) < 4.78 is 0. The normalized spacial score (nSPS) is 25.4. The van der Waals surface area contributed by atoms with Crippen LogP contribution in [-0.4, -0.2) is 17.2 Å². The van der Waals surface area contributed by atoms with E-state index in [0.29, 0.717) is 6.42 Å². The van der Waals surface area contributed by atoms with Gasteiger partial charge >= 0.3 is 0 Å². The number of carbonyl (C=O) groups is 1. The van der Waals surface area contributed by atoms with E-state index in [1.165, 1.54) is 4.90 Å². The molecule has 1 atom stereocenters. The van der Waals surface area contributed by atoms with E-state index in [0.717, 1.165) is 5.75 Å². The minimum Gasteiger partial charge on any atom is -0.350 e. The molecule has 0 bridgehead atoms. The molecule has 1 aromatic carbocycles. The summed E-state index contributed by atoms with van der Waals surface area (Å²) in [6, 6.07) is 10.3. The lowest BCUT2D eigenvalue weighted by atomic mass is 9.92. The molecular weight excluding hydrogens is 194 g/mol. The lowest BCUT2D eigenvalue weighted by Gasteiger charge is -2.38. The highest BCUT2D eigenvalue weighted by atomic mass is 32.2. The molecule has 1 amide bonds. The Bertz CT molecular complexity index is 328. The third-order valence-corrected chi connectivity index (χ3v) is 3.68. The van der Waals surface area contributed by atoms with Crippen molar-refractivity contribution in [3.8, 4) is 0 Å². The molecule has 2 nitrogen and oxygen atoms in total. The summed E-state index contributed by atoms with van der Waals surface area (Å²) in [5, 5.41) is 2.93. The molecule has 1 aliphatic rings. The van der Waals surface area contributed by atoms with Crippen molar-refractivity contribution in [1.29, 1.82) is 0 Å². The Kier molecular flexibility index (Phi) is 2.50. The van der Waals surface area contributed by atoms with Crippen LogP contribution in [0.25, 0.3) is 0 Å². The lowest BCUT2D eigenvalue weighted by Crippen LogP contribution is -2.60. The molecule has 3 heteroatoms. The van der Waals surface area contributed by atoms with Crippen LogP contribution in [0, 0.1) is 0 Å². The van der Waals surface area contributed by atoms with Crippen molar-refractivity contribution >= 4 is 17.7 Å². The molecule has 1 aliphatic heterocycles. The molecule has 2 rings (SSSR count). The highest BCUT2D eigenvalue weighted by molar-refractivity contribution is 7.99. The van der Waals surface area contributed by atoms with Gasteiger partial charge in [0.15, 0.2) is 0 Å². The van der Waals surface area contributed by atoms with Crippen molar-refractivity contribution in [1.82, 2.24) is 5.32 Å². The van der Waals surface area contributed by atoms with Gasteiger partial charge in [-0.3, -0.25) is 4.79 Å². The molecule has 14 heavy (non-hydrogen) atoms. The van der Waals surface area contributed by atoms with Crippen LogP contribution in [0.1, 0.15) is 13.3 Å². The molecule has 1 aromatic rings.